The van der Waals surface area contributed by atoms with Crippen molar-refractivity contribution in [1.82, 2.24) is 10.2 Å². The smallest absolute Gasteiger partial charge is 0.317 e. The number of carbonyl (C=O) groups excluding carboxylic acids is 1. The molecule has 1 unspecified atom stereocenters. The van der Waals surface area contributed by atoms with Gasteiger partial charge in [-0.1, -0.05) is 0 Å². The van der Waals surface area contributed by atoms with Gasteiger partial charge in [-0.25, -0.2) is 4.79 Å². The van der Waals surface area contributed by atoms with E-state index in [0.29, 0.717) is 6.54 Å². The normalized spacial score (nSPS) is 30.9. The molecule has 1 saturated carbocycles. The van der Waals surface area contributed by atoms with E-state index in [-0.39, 0.29) is 30.6 Å². The fourth-order valence-corrected chi connectivity index (χ4v) is 3.16. The van der Waals surface area contributed by atoms with Gasteiger partial charge in [0.1, 0.15) is 0 Å². The second-order valence-corrected chi connectivity index (χ2v) is 5.90. The Balaban J connectivity index is 1.87. The fourth-order valence-electron chi connectivity index (χ4n) is 3.16. The SMILES string of the molecule is O=C(O)CC1CCCCN1C(=O)NC1CCC(O)CC1. The Morgan fingerprint density at radius 1 is 1.10 bits per heavy atom. The minimum Gasteiger partial charge on any atom is -0.481 e. The second-order valence-electron chi connectivity index (χ2n) is 5.90. The van der Waals surface area contributed by atoms with E-state index in [1.807, 2.05) is 0 Å². The molecule has 1 heterocycles. The number of carbonyl (C=O) groups is 2. The summed E-state index contributed by atoms with van der Waals surface area (Å²) in [6, 6.07) is -0.217. The van der Waals surface area contributed by atoms with Crippen LogP contribution in [0.2, 0.25) is 0 Å². The highest BCUT2D eigenvalue weighted by Gasteiger charge is 2.30. The van der Waals surface area contributed by atoms with Crippen LogP contribution in [-0.4, -0.2) is 51.8 Å². The maximum atomic E-state index is 12.3. The molecule has 1 aliphatic heterocycles. The van der Waals surface area contributed by atoms with Crippen molar-refractivity contribution in [2.45, 2.75) is 69.6 Å². The van der Waals surface area contributed by atoms with E-state index in [4.69, 9.17) is 5.11 Å². The molecule has 2 fully saturated rings. The molecular formula is C14H24N2O4. The number of rotatable bonds is 3. The maximum Gasteiger partial charge on any atom is 0.317 e. The van der Waals surface area contributed by atoms with Gasteiger partial charge in [-0.3, -0.25) is 4.79 Å². The molecule has 6 heteroatoms. The van der Waals surface area contributed by atoms with Gasteiger partial charge in [0.2, 0.25) is 0 Å². The number of nitrogens with zero attached hydrogens (tertiary/aromatic N) is 1. The van der Waals surface area contributed by atoms with E-state index in [1.54, 1.807) is 4.90 Å². The standard InChI is InChI=1S/C14H24N2O4/c17-12-6-4-10(5-7-12)15-14(20)16-8-2-1-3-11(16)9-13(18)19/h10-12,17H,1-9H2,(H,15,20)(H,18,19). The van der Waals surface area contributed by atoms with Gasteiger partial charge in [0, 0.05) is 18.6 Å². The van der Waals surface area contributed by atoms with E-state index in [9.17, 15) is 14.7 Å². The van der Waals surface area contributed by atoms with Gasteiger partial charge in [-0.2, -0.15) is 0 Å². The molecule has 1 aliphatic carbocycles. The molecule has 0 aromatic heterocycles. The van der Waals surface area contributed by atoms with E-state index < -0.39 is 5.97 Å². The lowest BCUT2D eigenvalue weighted by Crippen LogP contribution is -2.52. The van der Waals surface area contributed by atoms with Gasteiger partial charge in [0.25, 0.3) is 0 Å². The van der Waals surface area contributed by atoms with Crippen molar-refractivity contribution in [2.24, 2.45) is 0 Å². The summed E-state index contributed by atoms with van der Waals surface area (Å²) in [5, 5.41) is 21.4. The number of urea groups is 1. The second kappa shape index (κ2) is 6.92. The maximum absolute atomic E-state index is 12.3. The lowest BCUT2D eigenvalue weighted by molar-refractivity contribution is -0.138. The average molecular weight is 284 g/mol. The zero-order valence-electron chi connectivity index (χ0n) is 11.8. The van der Waals surface area contributed by atoms with E-state index in [2.05, 4.69) is 5.32 Å². The van der Waals surface area contributed by atoms with Crippen LogP contribution in [0.3, 0.4) is 0 Å². The Labute approximate surface area is 119 Å². The molecule has 20 heavy (non-hydrogen) atoms. The number of amides is 2. The molecular weight excluding hydrogens is 260 g/mol. The summed E-state index contributed by atoms with van der Waals surface area (Å²) < 4.78 is 0. The summed E-state index contributed by atoms with van der Waals surface area (Å²) in [5.74, 6) is -0.851. The zero-order chi connectivity index (χ0) is 14.5. The summed E-state index contributed by atoms with van der Waals surface area (Å²) in [6.45, 7) is 0.638. The van der Waals surface area contributed by atoms with Gasteiger partial charge in [-0.05, 0) is 44.9 Å². The van der Waals surface area contributed by atoms with Crippen molar-refractivity contribution in [2.75, 3.05) is 6.54 Å². The number of hydrogen-bond acceptors (Lipinski definition) is 3. The molecule has 0 bridgehead atoms. The van der Waals surface area contributed by atoms with Crippen molar-refractivity contribution in [3.63, 3.8) is 0 Å². The predicted octanol–water partition coefficient (Wildman–Crippen LogP) is 1.33. The summed E-state index contributed by atoms with van der Waals surface area (Å²) >= 11 is 0. The third-order valence-corrected chi connectivity index (χ3v) is 4.32. The number of carboxylic acid groups (broad SMARTS) is 1. The Morgan fingerprint density at radius 2 is 1.80 bits per heavy atom. The molecule has 0 aromatic carbocycles. The van der Waals surface area contributed by atoms with Crippen molar-refractivity contribution in [3.05, 3.63) is 0 Å². The number of aliphatic hydroxyl groups excluding tert-OH is 1. The van der Waals surface area contributed by atoms with E-state index in [0.717, 1.165) is 44.9 Å². The molecule has 114 valence electrons. The fraction of sp³-hybridized carbons (Fsp3) is 0.857. The molecule has 0 aromatic rings. The van der Waals surface area contributed by atoms with Crippen molar-refractivity contribution < 1.29 is 19.8 Å². The van der Waals surface area contributed by atoms with Crippen LogP contribution in [-0.2, 0) is 4.79 Å². The number of nitrogens with one attached hydrogen (secondary N) is 1. The summed E-state index contributed by atoms with van der Waals surface area (Å²) in [4.78, 5) is 24.9. The summed E-state index contributed by atoms with van der Waals surface area (Å²) in [6.07, 6.45) is 5.52. The van der Waals surface area contributed by atoms with Crippen LogP contribution >= 0.6 is 0 Å². The monoisotopic (exact) mass is 284 g/mol. The van der Waals surface area contributed by atoms with Crippen molar-refractivity contribution in [3.8, 4) is 0 Å². The number of piperidine rings is 1. The van der Waals surface area contributed by atoms with Crippen molar-refractivity contribution in [1.29, 1.82) is 0 Å². The van der Waals surface area contributed by atoms with Gasteiger partial charge >= 0.3 is 12.0 Å². The number of hydrogen-bond donors (Lipinski definition) is 3. The Bertz CT molecular complexity index is 353. The van der Waals surface area contributed by atoms with Crippen LogP contribution in [0.4, 0.5) is 4.79 Å². The van der Waals surface area contributed by atoms with Crippen LogP contribution in [0, 0.1) is 0 Å². The van der Waals surface area contributed by atoms with E-state index >= 15 is 0 Å². The highest BCUT2D eigenvalue weighted by atomic mass is 16.4. The first-order valence-electron chi connectivity index (χ1n) is 7.53. The highest BCUT2D eigenvalue weighted by molar-refractivity contribution is 5.76. The predicted molar refractivity (Wildman–Crippen MR) is 73.4 cm³/mol. The first-order valence-corrected chi connectivity index (χ1v) is 7.53. The zero-order valence-corrected chi connectivity index (χ0v) is 11.8. The Morgan fingerprint density at radius 3 is 2.45 bits per heavy atom. The Hall–Kier alpha value is -1.30. The molecule has 1 atom stereocenters. The van der Waals surface area contributed by atoms with Crippen LogP contribution in [0.25, 0.3) is 0 Å². The van der Waals surface area contributed by atoms with Gasteiger partial charge in [0.05, 0.1) is 12.5 Å². The molecule has 1 saturated heterocycles. The lowest BCUT2D eigenvalue weighted by atomic mass is 9.93. The average Bonchev–Trinajstić information content (AvgIpc) is 2.41. The topological polar surface area (TPSA) is 89.9 Å². The highest BCUT2D eigenvalue weighted by Crippen LogP contribution is 2.22. The number of carboxylic acids is 1. The van der Waals surface area contributed by atoms with E-state index in [1.165, 1.54) is 0 Å². The minimum absolute atomic E-state index is 0.0246. The van der Waals surface area contributed by atoms with Crippen LogP contribution in [0.1, 0.15) is 51.4 Å². The third-order valence-electron chi connectivity index (χ3n) is 4.32. The number of aliphatic hydroxyl groups is 1. The molecule has 2 amide bonds. The summed E-state index contributed by atoms with van der Waals surface area (Å²) in [7, 11) is 0. The van der Waals surface area contributed by atoms with Gasteiger partial charge < -0.3 is 20.4 Å². The molecule has 0 radical (unpaired) electrons. The van der Waals surface area contributed by atoms with Crippen LogP contribution in [0.15, 0.2) is 0 Å². The summed E-state index contributed by atoms with van der Waals surface area (Å²) in [5.41, 5.74) is 0. The quantitative estimate of drug-likeness (QED) is 0.729. The van der Waals surface area contributed by atoms with Gasteiger partial charge in [0.15, 0.2) is 0 Å². The largest absolute Gasteiger partial charge is 0.481 e. The van der Waals surface area contributed by atoms with Crippen LogP contribution < -0.4 is 5.32 Å². The Kier molecular flexibility index (Phi) is 5.23. The lowest BCUT2D eigenvalue weighted by Gasteiger charge is -2.37. The van der Waals surface area contributed by atoms with Gasteiger partial charge in [-0.15, -0.1) is 0 Å². The van der Waals surface area contributed by atoms with Crippen molar-refractivity contribution >= 4 is 12.0 Å². The van der Waals surface area contributed by atoms with Crippen LogP contribution in [0.5, 0.6) is 0 Å². The first kappa shape index (κ1) is 15.1. The number of likely N-dealkylation sites (tertiary alicyclic amines) is 1. The first-order chi connectivity index (χ1) is 9.56. The molecule has 6 nitrogen and oxygen atoms in total. The third kappa shape index (κ3) is 4.10. The molecule has 2 rings (SSSR count). The molecule has 2 aliphatic rings. The molecule has 3 N–H and O–H groups in total. The number of aliphatic carboxylic acids is 1. The molecule has 0 spiro atoms. The minimum atomic E-state index is -0.851.